The highest BCUT2D eigenvalue weighted by molar-refractivity contribution is 6.44. The Morgan fingerprint density at radius 3 is 2.19 bits per heavy atom. The topological polar surface area (TPSA) is 41.1 Å². The molecule has 0 aliphatic rings. The summed E-state index contributed by atoms with van der Waals surface area (Å²) >= 11 is 17.5. The molecule has 10 heteroatoms. The Kier molecular flexibility index (Phi) is 6.60. The van der Waals surface area contributed by atoms with Crippen molar-refractivity contribution in [2.45, 2.75) is 17.1 Å². The normalized spacial score (nSPS) is 12.8. The molecular formula is C16H11Cl3F4N2O. The molecular weight excluding hydrogens is 419 g/mol. The fraction of sp³-hybridized carbons (Fsp3) is 0.188. The summed E-state index contributed by atoms with van der Waals surface area (Å²) in [7, 11) is 0. The largest absolute Gasteiger partial charge is 0.416 e. The third kappa shape index (κ3) is 5.40. The second-order valence-electron chi connectivity index (χ2n) is 5.15. The third-order valence-corrected chi connectivity index (χ3v) is 4.14. The predicted octanol–water partition coefficient (Wildman–Crippen LogP) is 6.16. The highest BCUT2D eigenvalue weighted by Gasteiger charge is 2.31. The number of benzene rings is 2. The van der Waals surface area contributed by atoms with Crippen molar-refractivity contribution in [3.05, 3.63) is 64.4 Å². The molecule has 0 saturated heterocycles. The van der Waals surface area contributed by atoms with Gasteiger partial charge in [0.1, 0.15) is 10.7 Å². The van der Waals surface area contributed by atoms with Gasteiger partial charge in [-0.25, -0.2) is 9.18 Å². The van der Waals surface area contributed by atoms with Crippen LogP contribution in [-0.2, 0) is 6.18 Å². The van der Waals surface area contributed by atoms with Crippen molar-refractivity contribution in [3.8, 4) is 0 Å². The summed E-state index contributed by atoms with van der Waals surface area (Å²) in [6.07, 6.45) is -4.59. The van der Waals surface area contributed by atoms with Gasteiger partial charge in [-0.3, -0.25) is 0 Å². The lowest BCUT2D eigenvalue weighted by atomic mass is 10.1. The second kappa shape index (κ2) is 8.33. The molecule has 0 aliphatic heterocycles. The molecule has 2 rings (SSSR count). The van der Waals surface area contributed by atoms with Gasteiger partial charge in [0.2, 0.25) is 0 Å². The molecule has 3 nitrogen and oxygen atoms in total. The molecule has 0 spiro atoms. The van der Waals surface area contributed by atoms with Gasteiger partial charge in [0.05, 0.1) is 22.3 Å². The fourth-order valence-corrected chi connectivity index (χ4v) is 2.64. The number of carbonyl (C=O) groups is 1. The van der Waals surface area contributed by atoms with Crippen LogP contribution in [0.3, 0.4) is 0 Å². The van der Waals surface area contributed by atoms with E-state index in [0.29, 0.717) is 11.6 Å². The minimum absolute atomic E-state index is 0.0835. The van der Waals surface area contributed by atoms with Crippen LogP contribution in [0, 0.1) is 5.82 Å². The zero-order valence-corrected chi connectivity index (χ0v) is 15.0. The number of halogens is 7. The van der Waals surface area contributed by atoms with Crippen LogP contribution in [0.15, 0.2) is 42.5 Å². The van der Waals surface area contributed by atoms with Crippen LogP contribution < -0.4 is 10.6 Å². The Hall–Kier alpha value is -1.70. The Labute approximate surface area is 161 Å². The molecule has 26 heavy (non-hydrogen) atoms. The fourth-order valence-electron chi connectivity index (χ4n) is 2.06. The lowest BCUT2D eigenvalue weighted by Crippen LogP contribution is -2.35. The number of anilines is 1. The Balaban J connectivity index is 2.17. The number of urea groups is 1. The molecule has 2 aromatic rings. The van der Waals surface area contributed by atoms with Crippen molar-refractivity contribution in [1.82, 2.24) is 5.32 Å². The summed E-state index contributed by atoms with van der Waals surface area (Å²) in [6.45, 7) is 0. The van der Waals surface area contributed by atoms with Gasteiger partial charge in [-0.1, -0.05) is 23.7 Å². The van der Waals surface area contributed by atoms with Crippen LogP contribution in [0.25, 0.3) is 0 Å². The number of alkyl halides is 5. The third-order valence-electron chi connectivity index (χ3n) is 3.31. The molecule has 2 aromatic carbocycles. The number of amides is 2. The summed E-state index contributed by atoms with van der Waals surface area (Å²) < 4.78 is 51.3. The predicted molar refractivity (Wildman–Crippen MR) is 93.2 cm³/mol. The van der Waals surface area contributed by atoms with Crippen molar-refractivity contribution in [2.24, 2.45) is 0 Å². The van der Waals surface area contributed by atoms with Gasteiger partial charge in [-0.2, -0.15) is 13.2 Å². The molecule has 2 amide bonds. The van der Waals surface area contributed by atoms with Gasteiger partial charge >= 0.3 is 12.2 Å². The van der Waals surface area contributed by atoms with Crippen molar-refractivity contribution in [2.75, 3.05) is 5.32 Å². The van der Waals surface area contributed by atoms with Crippen LogP contribution in [0.1, 0.15) is 17.2 Å². The summed E-state index contributed by atoms with van der Waals surface area (Å²) in [5, 5.41) is 4.54. The Bertz CT molecular complexity index is 782. The lowest BCUT2D eigenvalue weighted by molar-refractivity contribution is -0.137. The van der Waals surface area contributed by atoms with E-state index in [1.54, 1.807) is 0 Å². The van der Waals surface area contributed by atoms with Crippen molar-refractivity contribution in [3.63, 3.8) is 0 Å². The Morgan fingerprint density at radius 1 is 1.04 bits per heavy atom. The molecule has 1 unspecified atom stereocenters. The molecule has 0 saturated carbocycles. The van der Waals surface area contributed by atoms with Crippen LogP contribution in [-0.4, -0.2) is 10.9 Å². The zero-order valence-electron chi connectivity index (χ0n) is 12.8. The minimum atomic E-state index is -4.59. The first-order valence-corrected chi connectivity index (χ1v) is 8.31. The SMILES string of the molecule is O=C(Nc1cc(C(F)(F)F)ccc1Cl)NC(c1ccc(F)cc1)C(Cl)Cl. The van der Waals surface area contributed by atoms with Gasteiger partial charge in [0, 0.05) is 0 Å². The molecule has 1 atom stereocenters. The lowest BCUT2D eigenvalue weighted by Gasteiger charge is -2.21. The Morgan fingerprint density at radius 2 is 1.65 bits per heavy atom. The van der Waals surface area contributed by atoms with Crippen molar-refractivity contribution in [1.29, 1.82) is 0 Å². The van der Waals surface area contributed by atoms with Gasteiger partial charge in [0.25, 0.3) is 0 Å². The van der Waals surface area contributed by atoms with Crippen LogP contribution in [0.4, 0.5) is 28.0 Å². The monoisotopic (exact) mass is 428 g/mol. The number of nitrogens with one attached hydrogen (secondary N) is 2. The molecule has 0 bridgehead atoms. The highest BCUT2D eigenvalue weighted by atomic mass is 35.5. The first-order chi connectivity index (χ1) is 12.1. The van der Waals surface area contributed by atoms with E-state index in [1.165, 1.54) is 12.1 Å². The number of hydrogen-bond donors (Lipinski definition) is 2. The standard InChI is InChI=1S/C16H11Cl3F4N2O/c17-11-6-3-9(16(21,22)23)7-12(11)24-15(26)25-13(14(18)19)8-1-4-10(20)5-2-8/h1-7,13-14H,(H2,24,25,26). The maximum absolute atomic E-state index is 13.0. The van der Waals surface area contributed by atoms with E-state index in [1.807, 2.05) is 0 Å². The van der Waals surface area contributed by atoms with Crippen LogP contribution >= 0.6 is 34.8 Å². The average Bonchev–Trinajstić information content (AvgIpc) is 2.54. The molecule has 140 valence electrons. The van der Waals surface area contributed by atoms with Crippen molar-refractivity contribution >= 4 is 46.5 Å². The van der Waals surface area contributed by atoms with E-state index in [9.17, 15) is 22.4 Å². The van der Waals surface area contributed by atoms with Crippen LogP contribution in [0.5, 0.6) is 0 Å². The minimum Gasteiger partial charge on any atom is -0.328 e. The quantitative estimate of drug-likeness (QED) is 0.443. The highest BCUT2D eigenvalue weighted by Crippen LogP contribution is 2.34. The molecule has 0 radical (unpaired) electrons. The van der Waals surface area contributed by atoms with E-state index in [-0.39, 0.29) is 10.7 Å². The maximum Gasteiger partial charge on any atom is 0.416 e. The van der Waals surface area contributed by atoms with Gasteiger partial charge in [-0.15, -0.1) is 23.2 Å². The summed E-state index contributed by atoms with van der Waals surface area (Å²) in [5.41, 5.74) is -0.802. The van der Waals surface area contributed by atoms with Gasteiger partial charge in [0.15, 0.2) is 0 Å². The van der Waals surface area contributed by atoms with Crippen molar-refractivity contribution < 1.29 is 22.4 Å². The molecule has 0 aliphatic carbocycles. The number of rotatable bonds is 4. The summed E-state index contributed by atoms with van der Waals surface area (Å²) in [5.74, 6) is -0.492. The molecule has 0 heterocycles. The first kappa shape index (κ1) is 20.6. The molecule has 2 N–H and O–H groups in total. The van der Waals surface area contributed by atoms with E-state index in [4.69, 9.17) is 34.8 Å². The summed E-state index contributed by atoms with van der Waals surface area (Å²) in [4.78, 5) is 11.0. The second-order valence-corrected chi connectivity index (χ2v) is 6.73. The average molecular weight is 430 g/mol. The smallest absolute Gasteiger partial charge is 0.328 e. The van der Waals surface area contributed by atoms with Crippen LogP contribution in [0.2, 0.25) is 5.02 Å². The number of carbonyl (C=O) groups excluding carboxylic acids is 1. The van der Waals surface area contributed by atoms with E-state index in [0.717, 1.165) is 24.3 Å². The first-order valence-electron chi connectivity index (χ1n) is 7.06. The zero-order chi connectivity index (χ0) is 19.5. The van der Waals surface area contributed by atoms with Gasteiger partial charge in [-0.05, 0) is 35.9 Å². The summed E-state index contributed by atoms with van der Waals surface area (Å²) in [6, 6.07) is 5.75. The van der Waals surface area contributed by atoms with E-state index in [2.05, 4.69) is 10.6 Å². The maximum atomic E-state index is 13.0. The van der Waals surface area contributed by atoms with E-state index >= 15 is 0 Å². The molecule has 0 aromatic heterocycles. The molecule has 0 fully saturated rings. The van der Waals surface area contributed by atoms with E-state index < -0.39 is 34.5 Å². The van der Waals surface area contributed by atoms with Gasteiger partial charge < -0.3 is 10.6 Å². The number of hydrogen-bond acceptors (Lipinski definition) is 1.